The summed E-state index contributed by atoms with van der Waals surface area (Å²) in [6.45, 7) is 3.93. The molecule has 0 aliphatic rings. The molecule has 2 aromatic rings. The van der Waals surface area contributed by atoms with Gasteiger partial charge in [-0.15, -0.1) is 0 Å². The van der Waals surface area contributed by atoms with E-state index in [9.17, 15) is 4.79 Å². The van der Waals surface area contributed by atoms with Gasteiger partial charge in [0.1, 0.15) is 0 Å². The normalized spacial score (nSPS) is 12.0. The summed E-state index contributed by atoms with van der Waals surface area (Å²) in [7, 11) is 0. The lowest BCUT2D eigenvalue weighted by Crippen LogP contribution is -2.34. The number of nitrogens with one attached hydrogen (secondary N) is 1. The molecule has 2 aromatic carbocycles. The number of benzene rings is 2. The van der Waals surface area contributed by atoms with E-state index in [0.29, 0.717) is 10.6 Å². The Bertz CT molecular complexity index is 657. The van der Waals surface area contributed by atoms with Gasteiger partial charge in [-0.05, 0) is 55.7 Å². The van der Waals surface area contributed by atoms with Crippen LogP contribution < -0.4 is 5.32 Å². The monoisotopic (exact) mass is 365 g/mol. The van der Waals surface area contributed by atoms with Gasteiger partial charge in [0, 0.05) is 21.1 Å². The van der Waals surface area contributed by atoms with E-state index >= 15 is 0 Å². The maximum Gasteiger partial charge on any atom is 0.251 e. The van der Waals surface area contributed by atoms with E-state index in [1.54, 1.807) is 0 Å². The molecule has 0 saturated carbocycles. The van der Waals surface area contributed by atoms with E-state index in [1.807, 2.05) is 56.3 Å². The predicted octanol–water partition coefficient (Wildman–Crippen LogP) is 4.77. The lowest BCUT2D eigenvalue weighted by molar-refractivity contribution is 0.0939. The highest BCUT2D eigenvalue weighted by atomic mass is 79.9. The Morgan fingerprint density at radius 2 is 2.05 bits per heavy atom. The molecule has 0 fully saturated rings. The van der Waals surface area contributed by atoms with E-state index in [4.69, 9.17) is 11.6 Å². The van der Waals surface area contributed by atoms with E-state index in [2.05, 4.69) is 21.2 Å². The smallest absolute Gasteiger partial charge is 0.251 e. The summed E-state index contributed by atoms with van der Waals surface area (Å²) >= 11 is 9.37. The fourth-order valence-electron chi connectivity index (χ4n) is 2.21. The molecule has 1 unspecified atom stereocenters. The largest absolute Gasteiger partial charge is 0.349 e. The first-order chi connectivity index (χ1) is 9.95. The Balaban J connectivity index is 2.03. The van der Waals surface area contributed by atoms with Crippen LogP contribution in [0.3, 0.4) is 0 Å². The highest BCUT2D eigenvalue weighted by Crippen LogP contribution is 2.17. The minimum atomic E-state index is -0.0525. The van der Waals surface area contributed by atoms with Crippen LogP contribution in [0.4, 0.5) is 0 Å². The molecule has 0 spiro atoms. The van der Waals surface area contributed by atoms with Crippen molar-refractivity contribution in [3.63, 3.8) is 0 Å². The summed E-state index contributed by atoms with van der Waals surface area (Å²) in [6, 6.07) is 13.4. The number of hydrogen-bond donors (Lipinski definition) is 1. The molecule has 0 radical (unpaired) electrons. The number of halogens is 2. The van der Waals surface area contributed by atoms with Crippen LogP contribution in [0, 0.1) is 6.92 Å². The summed E-state index contributed by atoms with van der Waals surface area (Å²) in [4.78, 5) is 12.3. The molecule has 0 aromatic heterocycles. The summed E-state index contributed by atoms with van der Waals surface area (Å²) in [6.07, 6.45) is 0.749. The average Bonchev–Trinajstić information content (AvgIpc) is 2.41. The summed E-state index contributed by atoms with van der Waals surface area (Å²) in [5, 5.41) is 3.75. The minimum Gasteiger partial charge on any atom is -0.349 e. The topological polar surface area (TPSA) is 29.1 Å². The van der Waals surface area contributed by atoms with Crippen LogP contribution in [0.25, 0.3) is 0 Å². The number of amides is 1. The van der Waals surface area contributed by atoms with E-state index in [1.165, 1.54) is 0 Å². The minimum absolute atomic E-state index is 0.0364. The molecular weight excluding hydrogens is 350 g/mol. The average molecular weight is 367 g/mol. The molecule has 0 aliphatic carbocycles. The van der Waals surface area contributed by atoms with Gasteiger partial charge < -0.3 is 5.32 Å². The molecule has 1 atom stereocenters. The van der Waals surface area contributed by atoms with Crippen molar-refractivity contribution in [1.82, 2.24) is 5.32 Å². The molecule has 0 bridgehead atoms. The van der Waals surface area contributed by atoms with E-state index in [-0.39, 0.29) is 11.9 Å². The first-order valence-electron chi connectivity index (χ1n) is 6.77. The van der Waals surface area contributed by atoms with Gasteiger partial charge in [-0.1, -0.05) is 45.7 Å². The zero-order valence-electron chi connectivity index (χ0n) is 12.0. The number of rotatable bonds is 4. The van der Waals surface area contributed by atoms with Crippen molar-refractivity contribution in [3.8, 4) is 0 Å². The van der Waals surface area contributed by atoms with Crippen LogP contribution in [0.2, 0.25) is 5.02 Å². The Hall–Kier alpha value is -1.32. The highest BCUT2D eigenvalue weighted by Gasteiger charge is 2.13. The third-order valence-corrected chi connectivity index (χ3v) is 3.98. The second kappa shape index (κ2) is 7.10. The van der Waals surface area contributed by atoms with Crippen molar-refractivity contribution >= 4 is 33.4 Å². The van der Waals surface area contributed by atoms with Gasteiger partial charge in [0.15, 0.2) is 0 Å². The third-order valence-electron chi connectivity index (χ3n) is 3.25. The Kier molecular flexibility index (Phi) is 5.43. The van der Waals surface area contributed by atoms with Crippen LogP contribution in [0.1, 0.15) is 28.4 Å². The Morgan fingerprint density at radius 1 is 1.29 bits per heavy atom. The summed E-state index contributed by atoms with van der Waals surface area (Å²) < 4.78 is 0.903. The number of carbonyl (C=O) groups is 1. The van der Waals surface area contributed by atoms with Gasteiger partial charge in [-0.2, -0.15) is 0 Å². The molecule has 1 amide bonds. The highest BCUT2D eigenvalue weighted by molar-refractivity contribution is 9.10. The standard InChI is InChI=1S/C17H17BrClNO/c1-11-6-7-14(18)10-16(11)17(21)20-12(2)8-13-4-3-5-15(19)9-13/h3-7,9-10,12H,8H2,1-2H3,(H,20,21). The van der Waals surface area contributed by atoms with Crippen LogP contribution in [0.15, 0.2) is 46.9 Å². The van der Waals surface area contributed by atoms with Crippen molar-refractivity contribution < 1.29 is 4.79 Å². The zero-order valence-corrected chi connectivity index (χ0v) is 14.3. The van der Waals surface area contributed by atoms with Crippen LogP contribution in [0.5, 0.6) is 0 Å². The molecule has 0 saturated heterocycles. The van der Waals surface area contributed by atoms with Gasteiger partial charge >= 0.3 is 0 Å². The van der Waals surface area contributed by atoms with Gasteiger partial charge in [0.2, 0.25) is 0 Å². The SMILES string of the molecule is Cc1ccc(Br)cc1C(=O)NC(C)Cc1cccc(Cl)c1. The first kappa shape index (κ1) is 16.1. The van der Waals surface area contributed by atoms with Crippen molar-refractivity contribution in [2.24, 2.45) is 0 Å². The molecule has 2 nitrogen and oxygen atoms in total. The van der Waals surface area contributed by atoms with Crippen LogP contribution in [-0.2, 0) is 6.42 Å². The molecule has 2 rings (SSSR count). The van der Waals surface area contributed by atoms with Gasteiger partial charge in [0.05, 0.1) is 0 Å². The third kappa shape index (κ3) is 4.58. The van der Waals surface area contributed by atoms with Crippen LogP contribution >= 0.6 is 27.5 Å². The van der Waals surface area contributed by atoms with Gasteiger partial charge in [-0.3, -0.25) is 4.79 Å². The number of aryl methyl sites for hydroxylation is 1. The second-order valence-electron chi connectivity index (χ2n) is 5.17. The Labute approximate surface area is 138 Å². The molecular formula is C17H17BrClNO. The fourth-order valence-corrected chi connectivity index (χ4v) is 2.78. The number of hydrogen-bond acceptors (Lipinski definition) is 1. The molecule has 0 heterocycles. The second-order valence-corrected chi connectivity index (χ2v) is 6.52. The van der Waals surface area contributed by atoms with Crippen molar-refractivity contribution in [2.75, 3.05) is 0 Å². The molecule has 1 N–H and O–H groups in total. The quantitative estimate of drug-likeness (QED) is 0.829. The molecule has 0 aliphatic heterocycles. The van der Waals surface area contributed by atoms with Crippen molar-refractivity contribution in [1.29, 1.82) is 0 Å². The maximum absolute atomic E-state index is 12.3. The lowest BCUT2D eigenvalue weighted by atomic mass is 10.1. The van der Waals surface area contributed by atoms with Gasteiger partial charge in [0.25, 0.3) is 5.91 Å². The molecule has 110 valence electrons. The van der Waals surface area contributed by atoms with Crippen molar-refractivity contribution in [2.45, 2.75) is 26.3 Å². The maximum atomic E-state index is 12.3. The first-order valence-corrected chi connectivity index (χ1v) is 7.94. The number of carbonyl (C=O) groups excluding carboxylic acids is 1. The zero-order chi connectivity index (χ0) is 15.4. The van der Waals surface area contributed by atoms with Crippen LogP contribution in [-0.4, -0.2) is 11.9 Å². The fraction of sp³-hybridized carbons (Fsp3) is 0.235. The molecule has 4 heteroatoms. The van der Waals surface area contributed by atoms with E-state index < -0.39 is 0 Å². The lowest BCUT2D eigenvalue weighted by Gasteiger charge is -2.15. The summed E-state index contributed by atoms with van der Waals surface area (Å²) in [5.41, 5.74) is 2.77. The summed E-state index contributed by atoms with van der Waals surface area (Å²) in [5.74, 6) is -0.0525. The van der Waals surface area contributed by atoms with Gasteiger partial charge in [-0.25, -0.2) is 0 Å². The van der Waals surface area contributed by atoms with E-state index in [0.717, 1.165) is 22.0 Å². The van der Waals surface area contributed by atoms with Crippen molar-refractivity contribution in [3.05, 3.63) is 68.7 Å². The Morgan fingerprint density at radius 3 is 2.76 bits per heavy atom. The molecule has 21 heavy (non-hydrogen) atoms. The predicted molar refractivity (Wildman–Crippen MR) is 91.0 cm³/mol.